The zero-order valence-electron chi connectivity index (χ0n) is 6.31. The molecule has 2 atom stereocenters. The van der Waals surface area contributed by atoms with Crippen molar-refractivity contribution in [2.24, 2.45) is 11.8 Å². The third kappa shape index (κ3) is 1.23. The first kappa shape index (κ1) is 6.38. The first-order chi connectivity index (χ1) is 4.86. The van der Waals surface area contributed by atoms with Crippen molar-refractivity contribution >= 4 is 5.78 Å². The van der Waals surface area contributed by atoms with E-state index in [1.807, 2.05) is 0 Å². The third-order valence-electron chi connectivity index (χ3n) is 2.84. The molecule has 56 valence electrons. The van der Waals surface area contributed by atoms with Gasteiger partial charge in [0.1, 0.15) is 5.78 Å². The summed E-state index contributed by atoms with van der Waals surface area (Å²) < 4.78 is 0. The van der Waals surface area contributed by atoms with E-state index in [2.05, 4.69) is 0 Å². The molecule has 0 aromatic rings. The summed E-state index contributed by atoms with van der Waals surface area (Å²) in [4.78, 5) is 11.1. The SMILES string of the molecule is O=C1CCCC[C@@H]2C[C@@H]2C1. The molecule has 0 aromatic carbocycles. The Hall–Kier alpha value is -0.330. The quantitative estimate of drug-likeness (QED) is 0.501. The van der Waals surface area contributed by atoms with Gasteiger partial charge in [-0.3, -0.25) is 4.79 Å². The minimum atomic E-state index is 0.521. The number of carbonyl (C=O) groups is 1. The van der Waals surface area contributed by atoms with E-state index in [9.17, 15) is 4.79 Å². The largest absolute Gasteiger partial charge is 0.300 e. The molecule has 0 saturated heterocycles. The molecule has 1 nitrogen and oxygen atoms in total. The van der Waals surface area contributed by atoms with Gasteiger partial charge in [-0.1, -0.05) is 12.8 Å². The van der Waals surface area contributed by atoms with Crippen molar-refractivity contribution < 1.29 is 4.79 Å². The first-order valence-electron chi connectivity index (χ1n) is 4.38. The van der Waals surface area contributed by atoms with E-state index >= 15 is 0 Å². The average molecular weight is 138 g/mol. The van der Waals surface area contributed by atoms with Crippen molar-refractivity contribution in [3.8, 4) is 0 Å². The Morgan fingerprint density at radius 1 is 1.20 bits per heavy atom. The van der Waals surface area contributed by atoms with Crippen LogP contribution in [0.4, 0.5) is 0 Å². The molecule has 0 N–H and O–H groups in total. The molecule has 0 aromatic heterocycles. The molecule has 1 heteroatoms. The molecule has 0 spiro atoms. The summed E-state index contributed by atoms with van der Waals surface area (Å²) in [6.45, 7) is 0. The van der Waals surface area contributed by atoms with Gasteiger partial charge in [-0.25, -0.2) is 0 Å². The maximum absolute atomic E-state index is 11.1. The fraction of sp³-hybridized carbons (Fsp3) is 0.889. The maximum atomic E-state index is 11.1. The van der Waals surface area contributed by atoms with Crippen LogP contribution in [0.25, 0.3) is 0 Å². The highest BCUT2D eigenvalue weighted by Gasteiger charge is 2.38. The lowest BCUT2D eigenvalue weighted by molar-refractivity contribution is -0.119. The van der Waals surface area contributed by atoms with Crippen LogP contribution in [-0.4, -0.2) is 5.78 Å². The van der Waals surface area contributed by atoms with E-state index in [1.165, 1.54) is 19.3 Å². The van der Waals surface area contributed by atoms with Crippen LogP contribution in [0.2, 0.25) is 0 Å². The molecule has 0 aliphatic heterocycles. The molecule has 0 bridgehead atoms. The molecule has 2 saturated carbocycles. The first-order valence-corrected chi connectivity index (χ1v) is 4.38. The van der Waals surface area contributed by atoms with Crippen molar-refractivity contribution in [1.29, 1.82) is 0 Å². The van der Waals surface area contributed by atoms with Crippen molar-refractivity contribution in [2.45, 2.75) is 38.5 Å². The molecular formula is C9H14O. The smallest absolute Gasteiger partial charge is 0.133 e. The molecule has 2 aliphatic rings. The number of hydrogen-bond donors (Lipinski definition) is 0. The average Bonchev–Trinajstić information content (AvgIpc) is 2.54. The second kappa shape index (κ2) is 2.37. The van der Waals surface area contributed by atoms with Gasteiger partial charge in [0, 0.05) is 12.8 Å². The maximum Gasteiger partial charge on any atom is 0.133 e. The topological polar surface area (TPSA) is 17.1 Å². The Balaban J connectivity index is 1.91. The van der Waals surface area contributed by atoms with Gasteiger partial charge < -0.3 is 0 Å². The van der Waals surface area contributed by atoms with Gasteiger partial charge in [-0.2, -0.15) is 0 Å². The van der Waals surface area contributed by atoms with E-state index in [1.54, 1.807) is 0 Å². The molecule has 10 heavy (non-hydrogen) atoms. The molecular weight excluding hydrogens is 124 g/mol. The van der Waals surface area contributed by atoms with Crippen LogP contribution in [0.3, 0.4) is 0 Å². The summed E-state index contributed by atoms with van der Waals surface area (Å²) >= 11 is 0. The van der Waals surface area contributed by atoms with E-state index in [0.717, 1.165) is 31.1 Å². The van der Waals surface area contributed by atoms with Gasteiger partial charge in [-0.15, -0.1) is 0 Å². The zero-order valence-corrected chi connectivity index (χ0v) is 6.31. The molecule has 0 unspecified atom stereocenters. The van der Waals surface area contributed by atoms with Crippen LogP contribution < -0.4 is 0 Å². The Labute approximate surface area is 61.8 Å². The van der Waals surface area contributed by atoms with Crippen LogP contribution in [0.15, 0.2) is 0 Å². The normalized spacial score (nSPS) is 39.8. The van der Waals surface area contributed by atoms with Gasteiger partial charge in [0.15, 0.2) is 0 Å². The molecule has 0 radical (unpaired) electrons. The van der Waals surface area contributed by atoms with Gasteiger partial charge >= 0.3 is 0 Å². The summed E-state index contributed by atoms with van der Waals surface area (Å²) in [6.07, 6.45) is 6.98. The Morgan fingerprint density at radius 2 is 2.10 bits per heavy atom. The van der Waals surface area contributed by atoms with Crippen molar-refractivity contribution in [3.05, 3.63) is 0 Å². The summed E-state index contributed by atoms with van der Waals surface area (Å²) in [6, 6.07) is 0. The monoisotopic (exact) mass is 138 g/mol. The van der Waals surface area contributed by atoms with E-state index in [-0.39, 0.29) is 0 Å². The van der Waals surface area contributed by atoms with Crippen molar-refractivity contribution in [3.63, 3.8) is 0 Å². The molecule has 0 amide bonds. The highest BCUT2D eigenvalue weighted by Crippen LogP contribution is 2.46. The van der Waals surface area contributed by atoms with Gasteiger partial charge in [0.05, 0.1) is 0 Å². The van der Waals surface area contributed by atoms with Crippen LogP contribution in [0, 0.1) is 11.8 Å². The fourth-order valence-corrected chi connectivity index (χ4v) is 2.04. The summed E-state index contributed by atoms with van der Waals surface area (Å²) in [5, 5.41) is 0. The Kier molecular flexibility index (Phi) is 1.51. The number of rotatable bonds is 0. The lowest BCUT2D eigenvalue weighted by Crippen LogP contribution is -2.02. The summed E-state index contributed by atoms with van der Waals surface area (Å²) in [5.41, 5.74) is 0. The second-order valence-electron chi connectivity index (χ2n) is 3.74. The van der Waals surface area contributed by atoms with E-state index in [4.69, 9.17) is 0 Å². The van der Waals surface area contributed by atoms with E-state index in [0.29, 0.717) is 5.78 Å². The second-order valence-corrected chi connectivity index (χ2v) is 3.74. The van der Waals surface area contributed by atoms with E-state index < -0.39 is 0 Å². The van der Waals surface area contributed by atoms with Gasteiger partial charge in [-0.05, 0) is 24.7 Å². The van der Waals surface area contributed by atoms with Gasteiger partial charge in [0.25, 0.3) is 0 Å². The van der Waals surface area contributed by atoms with Crippen molar-refractivity contribution in [1.82, 2.24) is 0 Å². The molecule has 2 rings (SSSR count). The summed E-state index contributed by atoms with van der Waals surface area (Å²) in [7, 11) is 0. The number of fused-ring (bicyclic) bond motifs is 1. The Bertz CT molecular complexity index is 151. The Morgan fingerprint density at radius 3 is 3.00 bits per heavy atom. The van der Waals surface area contributed by atoms with Crippen LogP contribution >= 0.6 is 0 Å². The fourth-order valence-electron chi connectivity index (χ4n) is 2.04. The molecule has 2 fully saturated rings. The lowest BCUT2D eigenvalue weighted by atomic mass is 10.0. The standard InChI is InChI=1S/C9H14O/c10-9-4-2-1-3-7-5-8(7)6-9/h7-8H,1-6H2/t7-,8-/m1/s1. The van der Waals surface area contributed by atoms with Gasteiger partial charge in [0.2, 0.25) is 0 Å². The third-order valence-corrected chi connectivity index (χ3v) is 2.84. The van der Waals surface area contributed by atoms with Crippen molar-refractivity contribution in [2.75, 3.05) is 0 Å². The number of ketones is 1. The highest BCUT2D eigenvalue weighted by atomic mass is 16.1. The number of Topliss-reactive ketones (excluding diaryl/α,β-unsaturated/α-hetero) is 1. The number of hydrogen-bond acceptors (Lipinski definition) is 1. The predicted molar refractivity (Wildman–Crippen MR) is 39.7 cm³/mol. The minimum Gasteiger partial charge on any atom is -0.300 e. The number of carbonyl (C=O) groups excluding carboxylic acids is 1. The molecule has 2 aliphatic carbocycles. The predicted octanol–water partition coefficient (Wildman–Crippen LogP) is 2.16. The van der Waals surface area contributed by atoms with Crippen LogP contribution in [0.1, 0.15) is 38.5 Å². The minimum absolute atomic E-state index is 0.521. The zero-order chi connectivity index (χ0) is 6.97. The lowest BCUT2D eigenvalue weighted by Gasteiger charge is -2.04. The summed E-state index contributed by atoms with van der Waals surface area (Å²) in [5.74, 6) is 2.28. The molecule has 0 heterocycles. The highest BCUT2D eigenvalue weighted by molar-refractivity contribution is 5.79. The van der Waals surface area contributed by atoms with Crippen LogP contribution in [0.5, 0.6) is 0 Å². The van der Waals surface area contributed by atoms with Crippen LogP contribution in [-0.2, 0) is 4.79 Å².